The molecule has 0 aliphatic carbocycles. The van der Waals surface area contributed by atoms with Crippen LogP contribution < -0.4 is 5.32 Å². The van der Waals surface area contributed by atoms with E-state index in [0.717, 1.165) is 26.1 Å². The quantitative estimate of drug-likeness (QED) is 0.883. The standard InChI is InChI=1S/C13H21N5.ClH/c1-4-5-18-10-12(8-16-18)7-14-9-13-11(2)6-15-17(13)3;/h6,8,10,14H,4-5,7,9H2,1-3H3;1H. The topological polar surface area (TPSA) is 47.7 Å². The zero-order valence-corrected chi connectivity index (χ0v) is 12.6. The summed E-state index contributed by atoms with van der Waals surface area (Å²) in [6, 6.07) is 0. The molecule has 0 unspecified atom stereocenters. The SMILES string of the molecule is CCCn1cc(CNCc2c(C)cnn2C)cn1.Cl. The van der Waals surface area contributed by atoms with Gasteiger partial charge in [0.2, 0.25) is 0 Å². The fourth-order valence-electron chi connectivity index (χ4n) is 2.00. The normalized spacial score (nSPS) is 10.5. The average Bonchev–Trinajstić information content (AvgIpc) is 2.91. The van der Waals surface area contributed by atoms with Crippen LogP contribution in [-0.2, 0) is 26.7 Å². The van der Waals surface area contributed by atoms with E-state index >= 15 is 0 Å². The molecule has 0 saturated carbocycles. The minimum atomic E-state index is 0. The second-order valence-corrected chi connectivity index (χ2v) is 4.61. The molecule has 2 heterocycles. The van der Waals surface area contributed by atoms with Gasteiger partial charge in [-0.25, -0.2) is 0 Å². The van der Waals surface area contributed by atoms with Crippen molar-refractivity contribution in [3.8, 4) is 0 Å². The van der Waals surface area contributed by atoms with Crippen molar-refractivity contribution in [2.45, 2.75) is 39.9 Å². The molecule has 2 rings (SSSR count). The Morgan fingerprint density at radius 2 is 2.00 bits per heavy atom. The number of rotatable bonds is 6. The number of nitrogens with zero attached hydrogens (tertiary/aromatic N) is 4. The number of hydrogen-bond donors (Lipinski definition) is 1. The van der Waals surface area contributed by atoms with Crippen LogP contribution in [0.3, 0.4) is 0 Å². The van der Waals surface area contributed by atoms with E-state index in [1.165, 1.54) is 16.8 Å². The maximum atomic E-state index is 4.32. The molecule has 2 aromatic rings. The number of hydrogen-bond acceptors (Lipinski definition) is 3. The third-order valence-electron chi connectivity index (χ3n) is 3.03. The lowest BCUT2D eigenvalue weighted by molar-refractivity contribution is 0.599. The van der Waals surface area contributed by atoms with E-state index in [1.54, 1.807) is 0 Å². The third kappa shape index (κ3) is 4.08. The molecule has 0 spiro atoms. The van der Waals surface area contributed by atoms with Crippen LogP contribution in [0.25, 0.3) is 0 Å². The molecule has 19 heavy (non-hydrogen) atoms. The zero-order valence-electron chi connectivity index (χ0n) is 11.8. The van der Waals surface area contributed by atoms with Gasteiger partial charge in [-0.15, -0.1) is 12.4 Å². The Bertz CT molecular complexity index is 483. The lowest BCUT2D eigenvalue weighted by Gasteiger charge is -2.05. The molecule has 5 nitrogen and oxygen atoms in total. The summed E-state index contributed by atoms with van der Waals surface area (Å²) in [7, 11) is 1.98. The van der Waals surface area contributed by atoms with Crippen LogP contribution in [0.15, 0.2) is 18.6 Å². The lowest BCUT2D eigenvalue weighted by atomic mass is 10.2. The van der Waals surface area contributed by atoms with Gasteiger partial charge in [0.1, 0.15) is 0 Å². The van der Waals surface area contributed by atoms with Crippen molar-refractivity contribution in [1.82, 2.24) is 24.9 Å². The Balaban J connectivity index is 0.00000180. The van der Waals surface area contributed by atoms with E-state index in [-0.39, 0.29) is 12.4 Å². The van der Waals surface area contributed by atoms with E-state index < -0.39 is 0 Å². The molecule has 0 aromatic carbocycles. The van der Waals surface area contributed by atoms with Gasteiger partial charge in [-0.05, 0) is 18.9 Å². The minimum absolute atomic E-state index is 0. The second kappa shape index (κ2) is 7.31. The Kier molecular flexibility index (Phi) is 6.05. The Morgan fingerprint density at radius 3 is 2.63 bits per heavy atom. The monoisotopic (exact) mass is 283 g/mol. The molecular weight excluding hydrogens is 262 g/mol. The molecule has 2 aromatic heterocycles. The van der Waals surface area contributed by atoms with E-state index in [0.29, 0.717) is 0 Å². The highest BCUT2D eigenvalue weighted by molar-refractivity contribution is 5.85. The van der Waals surface area contributed by atoms with Crippen LogP contribution in [-0.4, -0.2) is 19.6 Å². The van der Waals surface area contributed by atoms with Gasteiger partial charge in [0.05, 0.1) is 18.1 Å². The van der Waals surface area contributed by atoms with Crippen molar-refractivity contribution >= 4 is 12.4 Å². The molecule has 0 atom stereocenters. The number of halogens is 1. The summed E-state index contributed by atoms with van der Waals surface area (Å²) in [5, 5.41) is 12.0. The molecular formula is C13H22ClN5. The first-order valence-electron chi connectivity index (χ1n) is 6.40. The largest absolute Gasteiger partial charge is 0.307 e. The molecule has 0 aliphatic rings. The van der Waals surface area contributed by atoms with Crippen LogP contribution in [0.2, 0.25) is 0 Å². The first kappa shape index (κ1) is 15.7. The number of aromatic nitrogens is 4. The van der Waals surface area contributed by atoms with Crippen LogP contribution in [0.5, 0.6) is 0 Å². The highest BCUT2D eigenvalue weighted by Crippen LogP contribution is 2.05. The van der Waals surface area contributed by atoms with E-state index in [9.17, 15) is 0 Å². The second-order valence-electron chi connectivity index (χ2n) is 4.61. The predicted octanol–water partition coefficient (Wildman–Crippen LogP) is 2.05. The van der Waals surface area contributed by atoms with Crippen molar-refractivity contribution in [3.63, 3.8) is 0 Å². The fourth-order valence-corrected chi connectivity index (χ4v) is 2.00. The molecule has 1 N–H and O–H groups in total. The summed E-state index contributed by atoms with van der Waals surface area (Å²) >= 11 is 0. The summed E-state index contributed by atoms with van der Waals surface area (Å²) in [4.78, 5) is 0. The van der Waals surface area contributed by atoms with E-state index in [2.05, 4.69) is 35.6 Å². The van der Waals surface area contributed by atoms with Gasteiger partial charge in [0.25, 0.3) is 0 Å². The Hall–Kier alpha value is -1.33. The molecule has 0 amide bonds. The maximum Gasteiger partial charge on any atom is 0.0547 e. The minimum Gasteiger partial charge on any atom is -0.307 e. The van der Waals surface area contributed by atoms with Gasteiger partial charge < -0.3 is 5.32 Å². The van der Waals surface area contributed by atoms with Gasteiger partial charge in [-0.2, -0.15) is 10.2 Å². The third-order valence-corrected chi connectivity index (χ3v) is 3.03. The lowest BCUT2D eigenvalue weighted by Crippen LogP contribution is -2.15. The van der Waals surface area contributed by atoms with Gasteiger partial charge >= 0.3 is 0 Å². The highest BCUT2D eigenvalue weighted by atomic mass is 35.5. The summed E-state index contributed by atoms with van der Waals surface area (Å²) < 4.78 is 3.91. The van der Waals surface area contributed by atoms with Gasteiger partial charge in [-0.1, -0.05) is 6.92 Å². The number of aryl methyl sites for hydroxylation is 3. The average molecular weight is 284 g/mol. The smallest absolute Gasteiger partial charge is 0.0547 e. The summed E-state index contributed by atoms with van der Waals surface area (Å²) in [5.74, 6) is 0. The molecule has 0 radical (unpaired) electrons. The molecule has 106 valence electrons. The molecule has 0 fully saturated rings. The van der Waals surface area contributed by atoms with Crippen LogP contribution in [0.4, 0.5) is 0 Å². The Morgan fingerprint density at radius 1 is 1.21 bits per heavy atom. The summed E-state index contributed by atoms with van der Waals surface area (Å²) in [6.07, 6.45) is 7.05. The first-order chi connectivity index (χ1) is 8.70. The maximum absolute atomic E-state index is 4.32. The van der Waals surface area contributed by atoms with Crippen LogP contribution >= 0.6 is 12.4 Å². The van der Waals surface area contributed by atoms with Gasteiger partial charge in [-0.3, -0.25) is 9.36 Å². The van der Waals surface area contributed by atoms with Gasteiger partial charge in [0.15, 0.2) is 0 Å². The highest BCUT2D eigenvalue weighted by Gasteiger charge is 2.04. The van der Waals surface area contributed by atoms with Crippen molar-refractivity contribution in [2.75, 3.05) is 0 Å². The van der Waals surface area contributed by atoms with Gasteiger partial charge in [0, 0.05) is 38.4 Å². The summed E-state index contributed by atoms with van der Waals surface area (Å²) in [5.41, 5.74) is 3.69. The van der Waals surface area contributed by atoms with Crippen molar-refractivity contribution < 1.29 is 0 Å². The molecule has 6 heteroatoms. The van der Waals surface area contributed by atoms with Crippen LogP contribution in [0.1, 0.15) is 30.2 Å². The Labute approximate surface area is 120 Å². The van der Waals surface area contributed by atoms with Crippen LogP contribution in [0, 0.1) is 6.92 Å². The first-order valence-corrected chi connectivity index (χ1v) is 6.40. The summed E-state index contributed by atoms with van der Waals surface area (Å²) in [6.45, 7) is 6.91. The van der Waals surface area contributed by atoms with Crippen molar-refractivity contribution in [1.29, 1.82) is 0 Å². The molecule has 0 saturated heterocycles. The zero-order chi connectivity index (χ0) is 13.0. The van der Waals surface area contributed by atoms with Crippen molar-refractivity contribution in [3.05, 3.63) is 35.4 Å². The van der Waals surface area contributed by atoms with Crippen molar-refractivity contribution in [2.24, 2.45) is 7.05 Å². The van der Waals surface area contributed by atoms with E-state index in [4.69, 9.17) is 0 Å². The predicted molar refractivity (Wildman–Crippen MR) is 78.3 cm³/mol. The molecule has 0 bridgehead atoms. The fraction of sp³-hybridized carbons (Fsp3) is 0.538. The number of nitrogens with one attached hydrogen (secondary N) is 1. The van der Waals surface area contributed by atoms with E-state index in [1.807, 2.05) is 28.8 Å². The molecule has 0 aliphatic heterocycles.